The minimum Gasteiger partial charge on any atom is -0.314 e. The van der Waals surface area contributed by atoms with Crippen LogP contribution in [0, 0.1) is 0 Å². The van der Waals surface area contributed by atoms with Gasteiger partial charge in [0, 0.05) is 26.2 Å². The Hall–Kier alpha value is -1.04. The third-order valence-electron chi connectivity index (χ3n) is 3.78. The number of fused-ring (bicyclic) bond motifs is 1. The molecule has 1 saturated heterocycles. The second-order valence-electron chi connectivity index (χ2n) is 4.83. The third-order valence-corrected chi connectivity index (χ3v) is 3.78. The molecule has 2 heterocycles. The highest BCUT2D eigenvalue weighted by molar-refractivity contribution is 5.33. The zero-order chi connectivity index (χ0) is 12.5. The van der Waals surface area contributed by atoms with Gasteiger partial charge in [0.15, 0.2) is 0 Å². The Bertz CT molecular complexity index is 424. The third kappa shape index (κ3) is 2.02. The van der Waals surface area contributed by atoms with Crippen molar-refractivity contribution in [3.63, 3.8) is 0 Å². The fourth-order valence-electron chi connectivity index (χ4n) is 2.87. The lowest BCUT2D eigenvalue weighted by Crippen LogP contribution is -2.57. The molecule has 2 aliphatic heterocycles. The van der Waals surface area contributed by atoms with Crippen molar-refractivity contribution >= 4 is 0 Å². The normalized spacial score (nSPS) is 28.6. The Kier molecular flexibility index (Phi) is 3.28. The number of halogens is 2. The zero-order valence-corrected chi connectivity index (χ0v) is 10.1. The van der Waals surface area contributed by atoms with Crippen molar-refractivity contribution < 1.29 is 8.78 Å². The lowest BCUT2D eigenvalue weighted by molar-refractivity contribution is -0.0164. The van der Waals surface area contributed by atoms with Crippen molar-refractivity contribution in [2.75, 3.05) is 19.6 Å². The molecule has 2 aliphatic rings. The predicted octanol–water partition coefficient (Wildman–Crippen LogP) is 1.33. The molecular weight excluding hydrogens is 236 g/mol. The number of nitrogens with zero attached hydrogens (tertiary/aromatic N) is 1. The topological polar surface area (TPSA) is 27.3 Å². The molecule has 2 unspecified atom stereocenters. The quantitative estimate of drug-likeness (QED) is 0.832. The summed E-state index contributed by atoms with van der Waals surface area (Å²) in [6, 6.07) is 7.35. The van der Waals surface area contributed by atoms with Crippen LogP contribution in [0.3, 0.4) is 0 Å². The number of nitrogens with one attached hydrogen (secondary N) is 2. The summed E-state index contributed by atoms with van der Waals surface area (Å²) in [7, 11) is 0. The lowest BCUT2D eigenvalue weighted by Gasteiger charge is -2.39. The van der Waals surface area contributed by atoms with Crippen molar-refractivity contribution in [1.29, 1.82) is 0 Å². The van der Waals surface area contributed by atoms with Gasteiger partial charge >= 0.3 is 0 Å². The van der Waals surface area contributed by atoms with Gasteiger partial charge in [-0.15, -0.1) is 0 Å². The Labute approximate surface area is 105 Å². The second kappa shape index (κ2) is 4.91. The summed E-state index contributed by atoms with van der Waals surface area (Å²) >= 11 is 0. The Morgan fingerprint density at radius 3 is 2.94 bits per heavy atom. The average molecular weight is 253 g/mol. The Morgan fingerprint density at radius 1 is 1.28 bits per heavy atom. The van der Waals surface area contributed by atoms with Gasteiger partial charge in [0.05, 0.1) is 12.2 Å². The fourth-order valence-corrected chi connectivity index (χ4v) is 2.87. The summed E-state index contributed by atoms with van der Waals surface area (Å²) in [5, 5.41) is 6.39. The summed E-state index contributed by atoms with van der Waals surface area (Å²) in [6.45, 7) is 2.54. The minimum absolute atomic E-state index is 0.0673. The molecular formula is C13H17F2N3. The number of alkyl halides is 2. The smallest absolute Gasteiger partial charge is 0.255 e. The van der Waals surface area contributed by atoms with Crippen molar-refractivity contribution in [1.82, 2.24) is 15.5 Å². The molecule has 2 N–H and O–H groups in total. The molecule has 0 aromatic heterocycles. The first-order valence-electron chi connectivity index (χ1n) is 6.33. The van der Waals surface area contributed by atoms with E-state index in [9.17, 15) is 8.78 Å². The Balaban J connectivity index is 1.86. The first-order chi connectivity index (χ1) is 8.77. The standard InChI is InChI=1S/C13H17F2N3/c14-12(15)11-8-16-5-6-18(11)13-10-4-2-1-3-9(10)7-17-13/h1-4,11-13,16-17H,5-8H2. The largest absolute Gasteiger partial charge is 0.314 e. The number of benzene rings is 1. The Morgan fingerprint density at radius 2 is 2.11 bits per heavy atom. The highest BCUT2D eigenvalue weighted by Gasteiger charge is 2.37. The fraction of sp³-hybridized carbons (Fsp3) is 0.538. The summed E-state index contributed by atoms with van der Waals surface area (Å²) in [5.41, 5.74) is 2.36. The van der Waals surface area contributed by atoms with Crippen LogP contribution >= 0.6 is 0 Å². The number of piperazine rings is 1. The van der Waals surface area contributed by atoms with E-state index in [2.05, 4.69) is 16.7 Å². The van der Waals surface area contributed by atoms with Gasteiger partial charge in [-0.25, -0.2) is 8.78 Å². The van der Waals surface area contributed by atoms with Crippen LogP contribution in [0.1, 0.15) is 17.3 Å². The molecule has 1 aromatic carbocycles. The zero-order valence-electron chi connectivity index (χ0n) is 10.1. The molecule has 1 aromatic rings. The van der Waals surface area contributed by atoms with Gasteiger partial charge in [-0.3, -0.25) is 10.2 Å². The van der Waals surface area contributed by atoms with Gasteiger partial charge < -0.3 is 5.32 Å². The number of rotatable bonds is 2. The first kappa shape index (κ1) is 12.0. The van der Waals surface area contributed by atoms with E-state index in [0.717, 1.165) is 18.7 Å². The highest BCUT2D eigenvalue weighted by Crippen LogP contribution is 2.31. The van der Waals surface area contributed by atoms with Crippen LogP contribution in [0.5, 0.6) is 0 Å². The monoisotopic (exact) mass is 253 g/mol. The lowest BCUT2D eigenvalue weighted by atomic mass is 10.1. The van der Waals surface area contributed by atoms with Crippen LogP contribution in [0.15, 0.2) is 24.3 Å². The molecule has 0 saturated carbocycles. The maximum atomic E-state index is 13.1. The van der Waals surface area contributed by atoms with Crippen LogP contribution < -0.4 is 10.6 Å². The molecule has 0 spiro atoms. The minimum atomic E-state index is -2.31. The second-order valence-corrected chi connectivity index (χ2v) is 4.83. The van der Waals surface area contributed by atoms with Crippen molar-refractivity contribution in [3.8, 4) is 0 Å². The van der Waals surface area contributed by atoms with E-state index in [1.165, 1.54) is 5.56 Å². The SMILES string of the molecule is FC(F)C1CNCCN1C1NCc2ccccc21. The maximum absolute atomic E-state index is 13.1. The van der Waals surface area contributed by atoms with E-state index >= 15 is 0 Å². The van der Waals surface area contributed by atoms with Crippen LogP contribution in [-0.2, 0) is 6.54 Å². The van der Waals surface area contributed by atoms with Crippen molar-refractivity contribution in [3.05, 3.63) is 35.4 Å². The molecule has 0 amide bonds. The molecule has 3 rings (SSSR count). The average Bonchev–Trinajstić information content (AvgIpc) is 2.82. The first-order valence-corrected chi connectivity index (χ1v) is 6.33. The van der Waals surface area contributed by atoms with Crippen LogP contribution in [0.25, 0.3) is 0 Å². The molecule has 5 heteroatoms. The maximum Gasteiger partial charge on any atom is 0.255 e. The van der Waals surface area contributed by atoms with Crippen LogP contribution in [-0.4, -0.2) is 37.0 Å². The van der Waals surface area contributed by atoms with Gasteiger partial charge in [-0.2, -0.15) is 0 Å². The molecule has 0 bridgehead atoms. The molecule has 3 nitrogen and oxygen atoms in total. The summed E-state index contributed by atoms with van der Waals surface area (Å²) in [4.78, 5) is 1.90. The van der Waals surface area contributed by atoms with Crippen molar-refractivity contribution in [2.24, 2.45) is 0 Å². The molecule has 1 fully saturated rings. The molecule has 18 heavy (non-hydrogen) atoms. The molecule has 2 atom stereocenters. The number of hydrogen-bond donors (Lipinski definition) is 2. The van der Waals surface area contributed by atoms with Gasteiger partial charge in [0.25, 0.3) is 6.43 Å². The number of hydrogen-bond acceptors (Lipinski definition) is 3. The summed E-state index contributed by atoms with van der Waals surface area (Å²) in [6.07, 6.45) is -2.38. The van der Waals surface area contributed by atoms with Crippen molar-refractivity contribution in [2.45, 2.75) is 25.2 Å². The molecule has 0 aliphatic carbocycles. The van der Waals surface area contributed by atoms with E-state index in [0.29, 0.717) is 13.1 Å². The van der Waals surface area contributed by atoms with Crippen LogP contribution in [0.2, 0.25) is 0 Å². The van der Waals surface area contributed by atoms with Gasteiger partial charge in [0.1, 0.15) is 0 Å². The van der Waals surface area contributed by atoms with E-state index in [1.54, 1.807) is 0 Å². The summed E-state index contributed by atoms with van der Waals surface area (Å²) in [5.74, 6) is 0. The van der Waals surface area contributed by atoms with Gasteiger partial charge in [-0.05, 0) is 11.1 Å². The predicted molar refractivity (Wildman–Crippen MR) is 65.4 cm³/mol. The summed E-state index contributed by atoms with van der Waals surface area (Å²) < 4.78 is 26.2. The van der Waals surface area contributed by atoms with Crippen LogP contribution in [0.4, 0.5) is 8.78 Å². The van der Waals surface area contributed by atoms with E-state index in [-0.39, 0.29) is 6.17 Å². The highest BCUT2D eigenvalue weighted by atomic mass is 19.3. The molecule has 98 valence electrons. The van der Waals surface area contributed by atoms with E-state index < -0.39 is 12.5 Å². The van der Waals surface area contributed by atoms with Gasteiger partial charge in [-0.1, -0.05) is 24.3 Å². The van der Waals surface area contributed by atoms with E-state index in [4.69, 9.17) is 0 Å². The van der Waals surface area contributed by atoms with Gasteiger partial charge in [0.2, 0.25) is 0 Å². The van der Waals surface area contributed by atoms with E-state index in [1.807, 2.05) is 23.1 Å². The molecule has 0 radical (unpaired) electrons.